The van der Waals surface area contributed by atoms with Gasteiger partial charge in [0.1, 0.15) is 0 Å². The van der Waals surface area contributed by atoms with Gasteiger partial charge in [-0.05, 0) is 31.9 Å². The van der Waals surface area contributed by atoms with Crippen LogP contribution in [0, 0.1) is 6.92 Å². The van der Waals surface area contributed by atoms with Gasteiger partial charge in [0.2, 0.25) is 0 Å². The maximum atomic E-state index is 12.3. The van der Waals surface area contributed by atoms with E-state index in [0.717, 1.165) is 24.1 Å². The molecule has 2 amide bonds. The van der Waals surface area contributed by atoms with Gasteiger partial charge in [-0.3, -0.25) is 5.32 Å². The molecular formula is C16H20N4O2. The van der Waals surface area contributed by atoms with Gasteiger partial charge in [0.15, 0.2) is 5.82 Å². The summed E-state index contributed by atoms with van der Waals surface area (Å²) in [4.78, 5) is 13.9. The number of aliphatic hydroxyl groups is 1. The average Bonchev–Trinajstić information content (AvgIpc) is 2.89. The zero-order chi connectivity index (χ0) is 15.5. The van der Waals surface area contributed by atoms with E-state index >= 15 is 0 Å². The highest BCUT2D eigenvalue weighted by Crippen LogP contribution is 2.17. The van der Waals surface area contributed by atoms with Crippen molar-refractivity contribution >= 4 is 11.8 Å². The number of likely N-dealkylation sites (tertiary alicyclic amines) is 1. The van der Waals surface area contributed by atoms with Crippen LogP contribution in [0.3, 0.4) is 0 Å². The Labute approximate surface area is 129 Å². The van der Waals surface area contributed by atoms with Gasteiger partial charge in [0.05, 0.1) is 11.8 Å². The Morgan fingerprint density at radius 2 is 2.14 bits per heavy atom. The SMILES string of the molecule is Cc1cn(-c2ccccc2)nc1NC(=O)N1CCC[C@@H](O)C1. The van der Waals surface area contributed by atoms with Crippen LogP contribution in [0.25, 0.3) is 5.69 Å². The van der Waals surface area contributed by atoms with Crippen LogP contribution in [-0.4, -0.2) is 45.0 Å². The molecule has 0 radical (unpaired) electrons. The fourth-order valence-corrected chi connectivity index (χ4v) is 2.62. The molecule has 0 unspecified atom stereocenters. The number of nitrogens with one attached hydrogen (secondary N) is 1. The molecule has 1 aliphatic rings. The Kier molecular flexibility index (Phi) is 4.11. The number of carbonyl (C=O) groups excluding carboxylic acids is 1. The molecule has 0 bridgehead atoms. The zero-order valence-corrected chi connectivity index (χ0v) is 12.6. The third-order valence-corrected chi connectivity index (χ3v) is 3.83. The number of aryl methyl sites for hydroxylation is 1. The molecule has 1 fully saturated rings. The van der Waals surface area contributed by atoms with Crippen molar-refractivity contribution in [3.05, 3.63) is 42.1 Å². The van der Waals surface area contributed by atoms with Crippen LogP contribution in [-0.2, 0) is 0 Å². The standard InChI is InChI=1S/C16H20N4O2/c1-12-10-20(13-6-3-2-4-7-13)18-15(12)17-16(22)19-9-5-8-14(21)11-19/h2-4,6-7,10,14,21H,5,8-9,11H2,1H3,(H,17,18,22)/t14-/m1/s1. The Bertz CT molecular complexity index is 653. The Morgan fingerprint density at radius 3 is 2.86 bits per heavy atom. The number of hydrogen-bond acceptors (Lipinski definition) is 3. The first kappa shape index (κ1) is 14.6. The molecule has 0 saturated carbocycles. The molecular weight excluding hydrogens is 280 g/mol. The number of rotatable bonds is 2. The van der Waals surface area contributed by atoms with Gasteiger partial charge in [-0.2, -0.15) is 0 Å². The van der Waals surface area contributed by atoms with Gasteiger partial charge in [-0.15, -0.1) is 5.10 Å². The second kappa shape index (κ2) is 6.19. The number of benzene rings is 1. The number of anilines is 1. The second-order valence-corrected chi connectivity index (χ2v) is 5.61. The van der Waals surface area contributed by atoms with E-state index in [1.807, 2.05) is 43.5 Å². The first-order valence-corrected chi connectivity index (χ1v) is 7.49. The summed E-state index contributed by atoms with van der Waals surface area (Å²) in [5.74, 6) is 0.550. The molecule has 2 heterocycles. The van der Waals surface area contributed by atoms with Crippen molar-refractivity contribution in [2.24, 2.45) is 0 Å². The molecule has 2 aromatic rings. The minimum atomic E-state index is -0.428. The number of amides is 2. The normalized spacial score (nSPS) is 18.3. The van der Waals surface area contributed by atoms with E-state index in [0.29, 0.717) is 18.9 Å². The Morgan fingerprint density at radius 1 is 1.36 bits per heavy atom. The number of nitrogens with zero attached hydrogens (tertiary/aromatic N) is 3. The van der Waals surface area contributed by atoms with Crippen molar-refractivity contribution < 1.29 is 9.90 Å². The lowest BCUT2D eigenvalue weighted by molar-refractivity contribution is 0.0883. The minimum Gasteiger partial charge on any atom is -0.391 e. The summed E-state index contributed by atoms with van der Waals surface area (Å²) in [6.07, 6.45) is 3.04. The summed E-state index contributed by atoms with van der Waals surface area (Å²) >= 11 is 0. The van der Waals surface area contributed by atoms with Crippen molar-refractivity contribution in [2.75, 3.05) is 18.4 Å². The molecule has 6 nitrogen and oxygen atoms in total. The van der Waals surface area contributed by atoms with Crippen LogP contribution in [0.4, 0.5) is 10.6 Å². The topological polar surface area (TPSA) is 70.4 Å². The first-order valence-electron chi connectivity index (χ1n) is 7.49. The molecule has 2 N–H and O–H groups in total. The number of para-hydroxylation sites is 1. The van der Waals surface area contributed by atoms with Crippen LogP contribution in [0.15, 0.2) is 36.5 Å². The lowest BCUT2D eigenvalue weighted by Crippen LogP contribution is -2.44. The molecule has 3 rings (SSSR count). The van der Waals surface area contributed by atoms with Crippen LogP contribution < -0.4 is 5.32 Å². The van der Waals surface area contributed by atoms with Crippen LogP contribution >= 0.6 is 0 Å². The molecule has 1 aliphatic heterocycles. The highest BCUT2D eigenvalue weighted by Gasteiger charge is 2.23. The molecule has 1 aromatic carbocycles. The molecule has 1 aromatic heterocycles. The maximum Gasteiger partial charge on any atom is 0.323 e. The highest BCUT2D eigenvalue weighted by atomic mass is 16.3. The van der Waals surface area contributed by atoms with Crippen molar-refractivity contribution in [1.29, 1.82) is 0 Å². The Balaban J connectivity index is 1.73. The zero-order valence-electron chi connectivity index (χ0n) is 12.6. The fraction of sp³-hybridized carbons (Fsp3) is 0.375. The van der Waals surface area contributed by atoms with Crippen molar-refractivity contribution in [2.45, 2.75) is 25.9 Å². The molecule has 1 atom stereocenters. The van der Waals surface area contributed by atoms with E-state index in [4.69, 9.17) is 0 Å². The van der Waals surface area contributed by atoms with Crippen LogP contribution in [0.5, 0.6) is 0 Å². The summed E-state index contributed by atoms with van der Waals surface area (Å²) in [6.45, 7) is 2.96. The molecule has 1 saturated heterocycles. The number of β-amino-alcohol motifs (C(OH)–C–C–N with tert-alkyl or cyclic N) is 1. The summed E-state index contributed by atoms with van der Waals surface area (Å²) in [5, 5.41) is 16.9. The molecule has 22 heavy (non-hydrogen) atoms. The lowest BCUT2D eigenvalue weighted by Gasteiger charge is -2.29. The number of aromatic nitrogens is 2. The van der Waals surface area contributed by atoms with Crippen LogP contribution in [0.1, 0.15) is 18.4 Å². The smallest absolute Gasteiger partial charge is 0.323 e. The second-order valence-electron chi connectivity index (χ2n) is 5.61. The summed E-state index contributed by atoms with van der Waals surface area (Å²) in [5.41, 5.74) is 1.84. The average molecular weight is 300 g/mol. The third-order valence-electron chi connectivity index (χ3n) is 3.83. The Hall–Kier alpha value is -2.34. The first-order chi connectivity index (χ1) is 10.6. The molecule has 116 valence electrons. The highest BCUT2D eigenvalue weighted by molar-refractivity contribution is 5.89. The van der Waals surface area contributed by atoms with Gasteiger partial charge in [-0.1, -0.05) is 18.2 Å². The van der Waals surface area contributed by atoms with Gasteiger partial charge in [0, 0.05) is 24.8 Å². The molecule has 6 heteroatoms. The van der Waals surface area contributed by atoms with E-state index in [2.05, 4.69) is 10.4 Å². The molecule has 0 aliphatic carbocycles. The number of carbonyl (C=O) groups is 1. The fourth-order valence-electron chi connectivity index (χ4n) is 2.62. The quantitative estimate of drug-likeness (QED) is 0.893. The lowest BCUT2D eigenvalue weighted by atomic mass is 10.1. The predicted octanol–water partition coefficient (Wildman–Crippen LogP) is 2.17. The number of urea groups is 1. The van der Waals surface area contributed by atoms with Crippen LogP contribution in [0.2, 0.25) is 0 Å². The van der Waals surface area contributed by atoms with E-state index in [1.54, 1.807) is 9.58 Å². The summed E-state index contributed by atoms with van der Waals surface area (Å²) in [6, 6.07) is 9.54. The summed E-state index contributed by atoms with van der Waals surface area (Å²) < 4.78 is 1.75. The third kappa shape index (κ3) is 3.12. The molecule has 0 spiro atoms. The largest absolute Gasteiger partial charge is 0.391 e. The van der Waals surface area contributed by atoms with E-state index in [1.165, 1.54) is 0 Å². The number of hydrogen-bond donors (Lipinski definition) is 2. The summed E-state index contributed by atoms with van der Waals surface area (Å²) in [7, 11) is 0. The van der Waals surface area contributed by atoms with Crippen molar-refractivity contribution in [1.82, 2.24) is 14.7 Å². The predicted molar refractivity (Wildman–Crippen MR) is 84.1 cm³/mol. The maximum absolute atomic E-state index is 12.3. The van der Waals surface area contributed by atoms with Gasteiger partial charge < -0.3 is 10.0 Å². The minimum absolute atomic E-state index is 0.208. The number of piperidine rings is 1. The number of aliphatic hydroxyl groups excluding tert-OH is 1. The van der Waals surface area contributed by atoms with Crippen molar-refractivity contribution in [3.63, 3.8) is 0 Å². The van der Waals surface area contributed by atoms with E-state index < -0.39 is 6.10 Å². The van der Waals surface area contributed by atoms with E-state index in [9.17, 15) is 9.90 Å². The van der Waals surface area contributed by atoms with Gasteiger partial charge in [0.25, 0.3) is 0 Å². The van der Waals surface area contributed by atoms with Gasteiger partial charge in [-0.25, -0.2) is 9.48 Å². The monoisotopic (exact) mass is 300 g/mol. The van der Waals surface area contributed by atoms with Crippen molar-refractivity contribution in [3.8, 4) is 5.69 Å². The van der Waals surface area contributed by atoms with Gasteiger partial charge >= 0.3 is 6.03 Å². The van der Waals surface area contributed by atoms with E-state index in [-0.39, 0.29) is 6.03 Å².